The van der Waals surface area contributed by atoms with Crippen LogP contribution in [0.4, 0.5) is 0 Å². The molecule has 2 N–H and O–H groups in total. The highest BCUT2D eigenvalue weighted by atomic mass is 16.3. The van der Waals surface area contributed by atoms with Crippen LogP contribution in [0.5, 0.6) is 0 Å². The van der Waals surface area contributed by atoms with Crippen LogP contribution in [0.2, 0.25) is 0 Å². The smallest absolute Gasteiger partial charge is 0.262 e. The summed E-state index contributed by atoms with van der Waals surface area (Å²) in [6, 6.07) is 10.5. The van der Waals surface area contributed by atoms with E-state index in [2.05, 4.69) is 5.32 Å². The standard InChI is InChI=1S/C21H23N3O4/c25-19(14-24-20(26)15-7-2-3-8-16(15)21(24)27)22-13-17(18-9-6-12-28-18)23-10-4-1-5-11-23/h2-3,6-9,12,17H,1,4-5,10-11,13-14H2,(H,22,25)/p+1/t17-/m0/s1. The number of imide groups is 1. The number of rotatable bonds is 6. The van der Waals surface area contributed by atoms with Gasteiger partial charge in [0.15, 0.2) is 11.8 Å². The second-order valence-electron chi connectivity index (χ2n) is 7.33. The van der Waals surface area contributed by atoms with Gasteiger partial charge in [-0.3, -0.25) is 19.3 Å². The van der Waals surface area contributed by atoms with E-state index in [1.807, 2.05) is 12.1 Å². The van der Waals surface area contributed by atoms with Crippen molar-refractivity contribution in [2.24, 2.45) is 0 Å². The molecule has 1 atom stereocenters. The van der Waals surface area contributed by atoms with Gasteiger partial charge in [0, 0.05) is 0 Å². The average molecular weight is 382 g/mol. The Balaban J connectivity index is 1.39. The molecular formula is C21H24N3O4+. The number of carbonyl (C=O) groups is 3. The van der Waals surface area contributed by atoms with Gasteiger partial charge in [-0.05, 0) is 43.5 Å². The Kier molecular flexibility index (Phi) is 5.25. The lowest BCUT2D eigenvalue weighted by Gasteiger charge is -2.30. The summed E-state index contributed by atoms with van der Waals surface area (Å²) in [6.07, 6.45) is 5.21. The van der Waals surface area contributed by atoms with Crippen LogP contribution in [-0.2, 0) is 4.79 Å². The third-order valence-corrected chi connectivity index (χ3v) is 5.56. The number of nitrogens with zero attached hydrogens (tertiary/aromatic N) is 1. The molecule has 2 aliphatic heterocycles. The van der Waals surface area contributed by atoms with Gasteiger partial charge >= 0.3 is 0 Å². The van der Waals surface area contributed by atoms with Crippen molar-refractivity contribution in [1.82, 2.24) is 10.2 Å². The first-order valence-corrected chi connectivity index (χ1v) is 9.75. The number of quaternary nitrogens is 1. The van der Waals surface area contributed by atoms with E-state index in [0.717, 1.165) is 36.6 Å². The third-order valence-electron chi connectivity index (χ3n) is 5.56. The fraction of sp³-hybridized carbons (Fsp3) is 0.381. The van der Waals surface area contributed by atoms with Crippen LogP contribution in [0.3, 0.4) is 0 Å². The number of nitrogens with one attached hydrogen (secondary N) is 2. The zero-order valence-electron chi connectivity index (χ0n) is 15.6. The normalized spacial score (nSPS) is 18.2. The molecule has 0 radical (unpaired) electrons. The Hall–Kier alpha value is -2.93. The number of piperidine rings is 1. The lowest BCUT2D eigenvalue weighted by molar-refractivity contribution is -0.936. The van der Waals surface area contributed by atoms with E-state index in [0.29, 0.717) is 17.7 Å². The van der Waals surface area contributed by atoms with Crippen LogP contribution < -0.4 is 10.2 Å². The summed E-state index contributed by atoms with van der Waals surface area (Å²) in [5, 5.41) is 2.90. The topological polar surface area (TPSA) is 84.1 Å². The molecule has 0 aliphatic carbocycles. The number of amides is 3. The Morgan fingerprint density at radius 3 is 2.32 bits per heavy atom. The van der Waals surface area contributed by atoms with Crippen LogP contribution in [-0.4, -0.2) is 48.8 Å². The highest BCUT2D eigenvalue weighted by Gasteiger charge is 2.36. The largest absolute Gasteiger partial charge is 0.463 e. The lowest BCUT2D eigenvalue weighted by Crippen LogP contribution is -3.13. The summed E-state index contributed by atoms with van der Waals surface area (Å²) in [4.78, 5) is 39.7. The SMILES string of the molecule is O=C(CN1C(=O)c2ccccc2C1=O)NC[C@@H](c1ccco1)[NH+]1CCCCC1. The molecule has 1 saturated heterocycles. The molecule has 1 aromatic carbocycles. The third kappa shape index (κ3) is 3.57. The molecule has 0 spiro atoms. The lowest BCUT2D eigenvalue weighted by atomic mass is 10.1. The van der Waals surface area contributed by atoms with Gasteiger partial charge in [0.05, 0.1) is 37.0 Å². The maximum Gasteiger partial charge on any atom is 0.262 e. The predicted octanol–water partition coefficient (Wildman–Crippen LogP) is 0.802. The van der Waals surface area contributed by atoms with Crippen molar-refractivity contribution in [1.29, 1.82) is 0 Å². The summed E-state index contributed by atoms with van der Waals surface area (Å²) in [7, 11) is 0. The zero-order valence-corrected chi connectivity index (χ0v) is 15.6. The number of hydrogen-bond donors (Lipinski definition) is 2. The van der Waals surface area contributed by atoms with Crippen molar-refractivity contribution >= 4 is 17.7 Å². The monoisotopic (exact) mass is 382 g/mol. The number of fused-ring (bicyclic) bond motifs is 1. The molecule has 1 fully saturated rings. The van der Waals surface area contributed by atoms with Gasteiger partial charge in [-0.2, -0.15) is 0 Å². The molecule has 28 heavy (non-hydrogen) atoms. The zero-order chi connectivity index (χ0) is 19.5. The molecule has 7 heteroatoms. The Bertz CT molecular complexity index is 837. The highest BCUT2D eigenvalue weighted by Crippen LogP contribution is 2.22. The van der Waals surface area contributed by atoms with Crippen molar-refractivity contribution in [3.05, 3.63) is 59.5 Å². The highest BCUT2D eigenvalue weighted by molar-refractivity contribution is 6.22. The molecule has 0 unspecified atom stereocenters. The van der Waals surface area contributed by atoms with Crippen molar-refractivity contribution in [3.63, 3.8) is 0 Å². The quantitative estimate of drug-likeness (QED) is 0.724. The molecule has 1 aromatic heterocycles. The molecule has 4 rings (SSSR count). The maximum atomic E-state index is 12.5. The molecule has 7 nitrogen and oxygen atoms in total. The second kappa shape index (κ2) is 7.98. The molecule has 146 valence electrons. The first-order chi connectivity index (χ1) is 13.6. The van der Waals surface area contributed by atoms with E-state index >= 15 is 0 Å². The van der Waals surface area contributed by atoms with Crippen LogP contribution in [0.1, 0.15) is 51.8 Å². The number of hydrogen-bond acceptors (Lipinski definition) is 4. The van der Waals surface area contributed by atoms with Crippen molar-refractivity contribution in [3.8, 4) is 0 Å². The Labute approximate surface area is 163 Å². The molecule has 2 aliphatic rings. The van der Waals surface area contributed by atoms with Crippen LogP contribution >= 0.6 is 0 Å². The van der Waals surface area contributed by atoms with E-state index in [-0.39, 0.29) is 18.5 Å². The summed E-state index contributed by atoms with van der Waals surface area (Å²) in [5.41, 5.74) is 0.707. The van der Waals surface area contributed by atoms with Crippen molar-refractivity contribution < 1.29 is 23.7 Å². The van der Waals surface area contributed by atoms with Crippen molar-refractivity contribution in [2.75, 3.05) is 26.2 Å². The van der Waals surface area contributed by atoms with Gasteiger partial charge < -0.3 is 14.6 Å². The first-order valence-electron chi connectivity index (χ1n) is 9.75. The molecule has 2 aromatic rings. The number of carbonyl (C=O) groups excluding carboxylic acids is 3. The van der Waals surface area contributed by atoms with Crippen LogP contribution in [0, 0.1) is 0 Å². The Morgan fingerprint density at radius 2 is 1.71 bits per heavy atom. The van der Waals surface area contributed by atoms with Crippen molar-refractivity contribution in [2.45, 2.75) is 25.3 Å². The van der Waals surface area contributed by atoms with E-state index in [9.17, 15) is 14.4 Å². The second-order valence-corrected chi connectivity index (χ2v) is 7.33. The average Bonchev–Trinajstić information content (AvgIpc) is 3.33. The first kappa shape index (κ1) is 18.4. The predicted molar refractivity (Wildman–Crippen MR) is 101 cm³/mol. The van der Waals surface area contributed by atoms with E-state index in [4.69, 9.17) is 4.42 Å². The fourth-order valence-corrected chi connectivity index (χ4v) is 4.09. The number of likely N-dealkylation sites (tertiary alicyclic amines) is 1. The summed E-state index contributed by atoms with van der Waals surface area (Å²) in [6.45, 7) is 2.22. The van der Waals surface area contributed by atoms with Gasteiger partial charge in [-0.25, -0.2) is 0 Å². The fourth-order valence-electron chi connectivity index (χ4n) is 4.09. The number of furan rings is 1. The molecule has 0 bridgehead atoms. The minimum absolute atomic E-state index is 0.0291. The van der Waals surface area contributed by atoms with E-state index < -0.39 is 11.8 Å². The maximum absolute atomic E-state index is 12.5. The van der Waals surface area contributed by atoms with Gasteiger partial charge in [0.2, 0.25) is 5.91 Å². The number of benzene rings is 1. The summed E-state index contributed by atoms with van der Waals surface area (Å²) in [5.74, 6) is -0.333. The summed E-state index contributed by atoms with van der Waals surface area (Å²) < 4.78 is 5.60. The Morgan fingerprint density at radius 1 is 1.04 bits per heavy atom. The van der Waals surface area contributed by atoms with E-state index in [1.54, 1.807) is 30.5 Å². The van der Waals surface area contributed by atoms with Gasteiger partial charge in [0.1, 0.15) is 6.54 Å². The van der Waals surface area contributed by atoms with Crippen LogP contribution in [0.15, 0.2) is 47.1 Å². The van der Waals surface area contributed by atoms with Crippen LogP contribution in [0.25, 0.3) is 0 Å². The minimum Gasteiger partial charge on any atom is -0.463 e. The van der Waals surface area contributed by atoms with Gasteiger partial charge in [0.25, 0.3) is 11.8 Å². The van der Waals surface area contributed by atoms with Gasteiger partial charge in [-0.1, -0.05) is 12.1 Å². The summed E-state index contributed by atoms with van der Waals surface area (Å²) >= 11 is 0. The van der Waals surface area contributed by atoms with Gasteiger partial charge in [-0.15, -0.1) is 0 Å². The molecule has 3 heterocycles. The van der Waals surface area contributed by atoms with E-state index in [1.165, 1.54) is 11.3 Å². The molecule has 0 saturated carbocycles. The minimum atomic E-state index is -0.417. The molecular weight excluding hydrogens is 358 g/mol. The molecule has 3 amide bonds.